The molecule has 3 heteroatoms. The number of carbonyl (C=O) groups is 1. The molecule has 0 saturated heterocycles. The molecule has 0 aromatic heterocycles. The van der Waals surface area contributed by atoms with Crippen molar-refractivity contribution in [1.82, 2.24) is 0 Å². The summed E-state index contributed by atoms with van der Waals surface area (Å²) in [7, 11) is 0. The molecule has 0 spiro atoms. The number of carboxylic acids is 1. The van der Waals surface area contributed by atoms with Crippen LogP contribution in [0.15, 0.2) is 24.3 Å². The van der Waals surface area contributed by atoms with Crippen molar-refractivity contribution in [2.24, 2.45) is 0 Å². The van der Waals surface area contributed by atoms with Crippen molar-refractivity contribution in [3.8, 4) is 0 Å². The Balaban J connectivity index is 2.92. The van der Waals surface area contributed by atoms with Gasteiger partial charge in [-0.3, -0.25) is 4.79 Å². The van der Waals surface area contributed by atoms with Crippen LogP contribution in [0.25, 0.3) is 0 Å². The van der Waals surface area contributed by atoms with Crippen molar-refractivity contribution >= 4 is 11.7 Å². The Morgan fingerprint density at radius 2 is 2.00 bits per heavy atom. The fourth-order valence-electron chi connectivity index (χ4n) is 1.28. The lowest BCUT2D eigenvalue weighted by molar-refractivity contribution is -0.138. The zero-order valence-electron chi connectivity index (χ0n) is 7.53. The number of carboxylic acid groups (broad SMARTS) is 1. The van der Waals surface area contributed by atoms with E-state index in [2.05, 4.69) is 0 Å². The predicted molar refractivity (Wildman–Crippen MR) is 51.5 cm³/mol. The third-order valence-corrected chi connectivity index (χ3v) is 2.05. The van der Waals surface area contributed by atoms with Gasteiger partial charge in [0.1, 0.15) is 0 Å². The number of aliphatic carboxylic acids is 1. The number of nitrogens with two attached hydrogens (primary N) is 1. The molecule has 3 N–H and O–H groups in total. The molecule has 1 rings (SSSR count). The molecule has 1 atom stereocenters. The van der Waals surface area contributed by atoms with E-state index in [0.717, 1.165) is 5.56 Å². The van der Waals surface area contributed by atoms with Crippen LogP contribution in [-0.4, -0.2) is 11.1 Å². The lowest BCUT2D eigenvalue weighted by atomic mass is 9.97. The lowest BCUT2D eigenvalue weighted by Crippen LogP contribution is -2.10. The van der Waals surface area contributed by atoms with Gasteiger partial charge in [-0.25, -0.2) is 0 Å². The van der Waals surface area contributed by atoms with Gasteiger partial charge in [-0.15, -0.1) is 0 Å². The highest BCUT2D eigenvalue weighted by Crippen LogP contribution is 2.20. The van der Waals surface area contributed by atoms with Gasteiger partial charge in [0, 0.05) is 5.69 Å². The van der Waals surface area contributed by atoms with Crippen LogP contribution in [0, 0.1) is 0 Å². The first kappa shape index (κ1) is 9.58. The summed E-state index contributed by atoms with van der Waals surface area (Å²) >= 11 is 0. The predicted octanol–water partition coefficient (Wildman–Crippen LogP) is 1.85. The van der Waals surface area contributed by atoms with Crippen molar-refractivity contribution in [2.75, 3.05) is 5.73 Å². The number of hydrogen-bond acceptors (Lipinski definition) is 2. The summed E-state index contributed by atoms with van der Waals surface area (Å²) in [5.41, 5.74) is 6.96. The normalized spacial score (nSPS) is 12.4. The van der Waals surface area contributed by atoms with Crippen LogP contribution in [0.3, 0.4) is 0 Å². The Kier molecular flexibility index (Phi) is 2.90. The van der Waals surface area contributed by atoms with Crippen molar-refractivity contribution in [3.05, 3.63) is 29.8 Å². The molecule has 0 saturated carbocycles. The molecule has 1 aromatic carbocycles. The molecule has 0 bridgehead atoms. The van der Waals surface area contributed by atoms with E-state index in [9.17, 15) is 4.79 Å². The van der Waals surface area contributed by atoms with Gasteiger partial charge >= 0.3 is 5.97 Å². The summed E-state index contributed by atoms with van der Waals surface area (Å²) < 4.78 is 0. The quantitative estimate of drug-likeness (QED) is 0.696. The average molecular weight is 179 g/mol. The van der Waals surface area contributed by atoms with Crippen molar-refractivity contribution < 1.29 is 9.90 Å². The fourth-order valence-corrected chi connectivity index (χ4v) is 1.28. The van der Waals surface area contributed by atoms with Gasteiger partial charge in [-0.05, 0) is 24.1 Å². The molecule has 0 fully saturated rings. The van der Waals surface area contributed by atoms with Crippen LogP contribution in [0.2, 0.25) is 0 Å². The Hall–Kier alpha value is -1.51. The SMILES string of the molecule is CCC(C(=O)O)c1ccc(N)cc1. The van der Waals surface area contributed by atoms with Gasteiger partial charge in [-0.1, -0.05) is 19.1 Å². The summed E-state index contributed by atoms with van der Waals surface area (Å²) in [5, 5.41) is 8.86. The maximum absolute atomic E-state index is 10.8. The van der Waals surface area contributed by atoms with Gasteiger partial charge in [0.25, 0.3) is 0 Å². The second-order valence-corrected chi connectivity index (χ2v) is 2.97. The first-order chi connectivity index (χ1) is 6.15. The van der Waals surface area contributed by atoms with Crippen LogP contribution < -0.4 is 5.73 Å². The van der Waals surface area contributed by atoms with E-state index in [4.69, 9.17) is 10.8 Å². The first-order valence-electron chi connectivity index (χ1n) is 4.23. The van der Waals surface area contributed by atoms with Crippen LogP contribution >= 0.6 is 0 Å². The summed E-state index contributed by atoms with van der Waals surface area (Å²) in [5.74, 6) is -1.20. The molecule has 1 unspecified atom stereocenters. The molecule has 0 aliphatic heterocycles. The van der Waals surface area contributed by atoms with Gasteiger partial charge in [-0.2, -0.15) is 0 Å². The van der Waals surface area contributed by atoms with Gasteiger partial charge < -0.3 is 10.8 Å². The Morgan fingerprint density at radius 1 is 1.46 bits per heavy atom. The topological polar surface area (TPSA) is 63.3 Å². The summed E-state index contributed by atoms with van der Waals surface area (Å²) in [4.78, 5) is 10.8. The van der Waals surface area contributed by atoms with Gasteiger partial charge in [0.05, 0.1) is 5.92 Å². The van der Waals surface area contributed by atoms with Crippen LogP contribution in [-0.2, 0) is 4.79 Å². The smallest absolute Gasteiger partial charge is 0.310 e. The van der Waals surface area contributed by atoms with Gasteiger partial charge in [0.15, 0.2) is 0 Å². The minimum atomic E-state index is -0.785. The molecule has 0 amide bonds. The summed E-state index contributed by atoms with van der Waals surface area (Å²) in [6.07, 6.45) is 0.596. The minimum absolute atomic E-state index is 0.416. The maximum atomic E-state index is 10.8. The van der Waals surface area contributed by atoms with Crippen LogP contribution in [0.1, 0.15) is 24.8 Å². The average Bonchev–Trinajstić information content (AvgIpc) is 2.09. The minimum Gasteiger partial charge on any atom is -0.481 e. The third-order valence-electron chi connectivity index (χ3n) is 2.05. The van der Waals surface area contributed by atoms with Crippen LogP contribution in [0.5, 0.6) is 0 Å². The highest BCUT2D eigenvalue weighted by Gasteiger charge is 2.16. The second kappa shape index (κ2) is 3.94. The molecular formula is C10H13NO2. The maximum Gasteiger partial charge on any atom is 0.310 e. The number of hydrogen-bond donors (Lipinski definition) is 2. The molecule has 70 valence electrons. The zero-order chi connectivity index (χ0) is 9.84. The lowest BCUT2D eigenvalue weighted by Gasteiger charge is -2.09. The highest BCUT2D eigenvalue weighted by molar-refractivity contribution is 5.76. The van der Waals surface area contributed by atoms with E-state index < -0.39 is 11.9 Å². The fraction of sp³-hybridized carbons (Fsp3) is 0.300. The Bertz CT molecular complexity index is 292. The van der Waals surface area contributed by atoms with Crippen LogP contribution in [0.4, 0.5) is 5.69 Å². The number of rotatable bonds is 3. The molecule has 0 radical (unpaired) electrons. The number of benzene rings is 1. The number of nitrogen functional groups attached to an aromatic ring is 1. The van der Waals surface area contributed by atoms with Crippen molar-refractivity contribution in [2.45, 2.75) is 19.3 Å². The number of anilines is 1. The molecule has 0 aliphatic rings. The van der Waals surface area contributed by atoms with Gasteiger partial charge in [0.2, 0.25) is 0 Å². The Morgan fingerprint density at radius 3 is 2.38 bits per heavy atom. The van der Waals surface area contributed by atoms with E-state index in [0.29, 0.717) is 12.1 Å². The van der Waals surface area contributed by atoms with E-state index in [1.54, 1.807) is 24.3 Å². The Labute approximate surface area is 77.2 Å². The summed E-state index contributed by atoms with van der Waals surface area (Å²) in [6, 6.07) is 6.97. The zero-order valence-corrected chi connectivity index (χ0v) is 7.53. The molecule has 0 heterocycles. The second-order valence-electron chi connectivity index (χ2n) is 2.97. The molecule has 0 aliphatic carbocycles. The molecular weight excluding hydrogens is 166 g/mol. The van der Waals surface area contributed by atoms with E-state index in [1.807, 2.05) is 6.92 Å². The molecule has 13 heavy (non-hydrogen) atoms. The van der Waals surface area contributed by atoms with Crippen molar-refractivity contribution in [3.63, 3.8) is 0 Å². The third kappa shape index (κ3) is 2.21. The standard InChI is InChI=1S/C10H13NO2/c1-2-9(10(12)13)7-3-5-8(11)6-4-7/h3-6,9H,2,11H2,1H3,(H,12,13). The largest absolute Gasteiger partial charge is 0.481 e. The monoisotopic (exact) mass is 179 g/mol. The van der Waals surface area contributed by atoms with Crippen molar-refractivity contribution in [1.29, 1.82) is 0 Å². The first-order valence-corrected chi connectivity index (χ1v) is 4.23. The van der Waals surface area contributed by atoms with E-state index in [-0.39, 0.29) is 0 Å². The van der Waals surface area contributed by atoms with E-state index >= 15 is 0 Å². The highest BCUT2D eigenvalue weighted by atomic mass is 16.4. The summed E-state index contributed by atoms with van der Waals surface area (Å²) in [6.45, 7) is 1.86. The molecule has 1 aromatic rings. The molecule has 3 nitrogen and oxygen atoms in total. The van der Waals surface area contributed by atoms with E-state index in [1.165, 1.54) is 0 Å².